The monoisotopic (exact) mass is 208 g/mol. The van der Waals surface area contributed by atoms with Gasteiger partial charge < -0.3 is 0 Å². The predicted molar refractivity (Wildman–Crippen MR) is 50.8 cm³/mol. The summed E-state index contributed by atoms with van der Waals surface area (Å²) in [5, 5.41) is 1.35. The van der Waals surface area contributed by atoms with E-state index in [1.165, 1.54) is 0 Å². The highest BCUT2D eigenvalue weighted by Crippen LogP contribution is 2.25. The molecule has 0 radical (unpaired) electrons. The maximum Gasteiger partial charge on any atom is 0.0475 e. The summed E-state index contributed by atoms with van der Waals surface area (Å²) in [6, 6.07) is 3.66. The largest absolute Gasteiger partial charge is 0.122 e. The van der Waals surface area contributed by atoms with E-state index in [0.717, 1.165) is 11.1 Å². The molecule has 0 fully saturated rings. The van der Waals surface area contributed by atoms with Gasteiger partial charge in [0.15, 0.2) is 0 Å². The molecule has 0 spiro atoms. The van der Waals surface area contributed by atoms with Gasteiger partial charge in [0.1, 0.15) is 0 Å². The molecule has 0 nitrogen and oxygen atoms in total. The molecule has 0 atom stereocenters. The summed E-state index contributed by atoms with van der Waals surface area (Å²) >= 11 is 17.3. The van der Waals surface area contributed by atoms with Crippen LogP contribution in [0.25, 0.3) is 0 Å². The van der Waals surface area contributed by atoms with Crippen LogP contribution in [0.2, 0.25) is 10.0 Å². The first-order valence-electron chi connectivity index (χ1n) is 3.15. The number of hydrogen-bond donors (Lipinski definition) is 0. The van der Waals surface area contributed by atoms with Gasteiger partial charge >= 0.3 is 0 Å². The Balaban J connectivity index is 3.21. The fraction of sp³-hybridized carbons (Fsp3) is 0.250. The molecule has 3 heteroatoms. The summed E-state index contributed by atoms with van der Waals surface area (Å²) in [6.07, 6.45) is 0. The van der Waals surface area contributed by atoms with Gasteiger partial charge in [-0.1, -0.05) is 23.2 Å². The van der Waals surface area contributed by atoms with E-state index in [1.54, 1.807) is 0 Å². The van der Waals surface area contributed by atoms with Crippen LogP contribution in [-0.4, -0.2) is 0 Å². The molecule has 0 aliphatic carbocycles. The Kier molecular flexibility index (Phi) is 3.06. The summed E-state index contributed by atoms with van der Waals surface area (Å²) in [6.45, 7) is 1.88. The predicted octanol–water partition coefficient (Wildman–Crippen LogP) is 4.04. The molecule has 1 rings (SSSR count). The van der Waals surface area contributed by atoms with E-state index in [1.807, 2.05) is 19.1 Å². The Hall–Kier alpha value is 0.0900. The number of alkyl halides is 1. The van der Waals surface area contributed by atoms with E-state index < -0.39 is 0 Å². The summed E-state index contributed by atoms with van der Waals surface area (Å²) < 4.78 is 0. The van der Waals surface area contributed by atoms with Gasteiger partial charge in [-0.25, -0.2) is 0 Å². The van der Waals surface area contributed by atoms with Crippen molar-refractivity contribution in [1.82, 2.24) is 0 Å². The normalized spacial score (nSPS) is 10.2. The molecule has 0 aliphatic heterocycles. The molecule has 0 unspecified atom stereocenters. The van der Waals surface area contributed by atoms with E-state index in [-0.39, 0.29) is 0 Å². The molecule has 0 bridgehead atoms. The molecule has 0 saturated carbocycles. The Morgan fingerprint density at radius 2 is 1.64 bits per heavy atom. The van der Waals surface area contributed by atoms with Gasteiger partial charge in [0, 0.05) is 15.9 Å². The zero-order valence-corrected chi connectivity index (χ0v) is 8.26. The minimum Gasteiger partial charge on any atom is -0.122 e. The highest BCUT2D eigenvalue weighted by atomic mass is 35.5. The van der Waals surface area contributed by atoms with Gasteiger partial charge in [0.05, 0.1) is 0 Å². The van der Waals surface area contributed by atoms with Crippen LogP contribution in [0, 0.1) is 6.92 Å². The van der Waals surface area contributed by atoms with Crippen LogP contribution >= 0.6 is 34.8 Å². The first-order chi connectivity index (χ1) is 5.15. The maximum atomic E-state index is 5.85. The standard InChI is InChI=1S/C8H7Cl3/c1-5-7(10)2-6(4-9)3-8(5)11/h2-3H,4H2,1H3. The molecular weight excluding hydrogens is 202 g/mol. The Morgan fingerprint density at radius 3 is 2.00 bits per heavy atom. The summed E-state index contributed by atoms with van der Waals surface area (Å²) in [5.74, 6) is 0.444. The highest BCUT2D eigenvalue weighted by Gasteiger charge is 2.02. The Morgan fingerprint density at radius 1 is 1.18 bits per heavy atom. The van der Waals surface area contributed by atoms with Gasteiger partial charge in [-0.2, -0.15) is 0 Å². The van der Waals surface area contributed by atoms with E-state index in [2.05, 4.69) is 0 Å². The smallest absolute Gasteiger partial charge is 0.0475 e. The number of hydrogen-bond acceptors (Lipinski definition) is 0. The summed E-state index contributed by atoms with van der Waals surface area (Å²) in [5.41, 5.74) is 1.86. The molecule has 1 aromatic rings. The van der Waals surface area contributed by atoms with E-state index in [0.29, 0.717) is 15.9 Å². The molecular formula is C8H7Cl3. The number of halogens is 3. The minimum atomic E-state index is 0.444. The second-order valence-corrected chi connectivity index (χ2v) is 3.40. The van der Waals surface area contributed by atoms with E-state index in [9.17, 15) is 0 Å². The van der Waals surface area contributed by atoms with E-state index >= 15 is 0 Å². The van der Waals surface area contributed by atoms with Gasteiger partial charge in [0.25, 0.3) is 0 Å². The molecule has 0 heterocycles. The van der Waals surface area contributed by atoms with Crippen LogP contribution in [0.3, 0.4) is 0 Å². The third-order valence-electron chi connectivity index (χ3n) is 1.50. The van der Waals surface area contributed by atoms with Crippen LogP contribution in [0.4, 0.5) is 0 Å². The average Bonchev–Trinajstić information content (AvgIpc) is 1.99. The zero-order valence-electron chi connectivity index (χ0n) is 6.00. The van der Waals surface area contributed by atoms with Gasteiger partial charge in [-0.3, -0.25) is 0 Å². The van der Waals surface area contributed by atoms with Gasteiger partial charge in [0.2, 0.25) is 0 Å². The van der Waals surface area contributed by atoms with Crippen molar-refractivity contribution in [3.63, 3.8) is 0 Å². The molecule has 1 aromatic carbocycles. The minimum absolute atomic E-state index is 0.444. The molecule has 0 saturated heterocycles. The van der Waals surface area contributed by atoms with Crippen molar-refractivity contribution in [3.8, 4) is 0 Å². The van der Waals surface area contributed by atoms with Crippen molar-refractivity contribution in [1.29, 1.82) is 0 Å². The third-order valence-corrected chi connectivity index (χ3v) is 2.59. The maximum absolute atomic E-state index is 5.85. The Labute approximate surface area is 81.1 Å². The van der Waals surface area contributed by atoms with Crippen LogP contribution in [0.1, 0.15) is 11.1 Å². The fourth-order valence-electron chi connectivity index (χ4n) is 0.775. The van der Waals surface area contributed by atoms with Crippen molar-refractivity contribution in [2.45, 2.75) is 12.8 Å². The van der Waals surface area contributed by atoms with Crippen LogP contribution < -0.4 is 0 Å². The van der Waals surface area contributed by atoms with Crippen LogP contribution in [0.5, 0.6) is 0 Å². The first-order valence-corrected chi connectivity index (χ1v) is 4.44. The highest BCUT2D eigenvalue weighted by molar-refractivity contribution is 6.36. The number of rotatable bonds is 1. The van der Waals surface area contributed by atoms with Crippen molar-refractivity contribution in [2.24, 2.45) is 0 Å². The lowest BCUT2D eigenvalue weighted by Crippen LogP contribution is -1.82. The number of benzene rings is 1. The third kappa shape index (κ3) is 2.02. The second-order valence-electron chi connectivity index (χ2n) is 2.32. The molecule has 0 aromatic heterocycles. The topological polar surface area (TPSA) is 0 Å². The first kappa shape index (κ1) is 9.18. The van der Waals surface area contributed by atoms with E-state index in [4.69, 9.17) is 34.8 Å². The lowest BCUT2D eigenvalue weighted by atomic mass is 10.2. The van der Waals surface area contributed by atoms with Crippen molar-refractivity contribution in [3.05, 3.63) is 33.3 Å². The SMILES string of the molecule is Cc1c(Cl)cc(CCl)cc1Cl. The molecule has 60 valence electrons. The van der Waals surface area contributed by atoms with Crippen molar-refractivity contribution >= 4 is 34.8 Å². The van der Waals surface area contributed by atoms with Crippen LogP contribution in [-0.2, 0) is 5.88 Å². The summed E-state index contributed by atoms with van der Waals surface area (Å²) in [7, 11) is 0. The quantitative estimate of drug-likeness (QED) is 0.613. The molecule has 0 N–H and O–H groups in total. The lowest BCUT2D eigenvalue weighted by Gasteiger charge is -2.02. The van der Waals surface area contributed by atoms with Gasteiger partial charge in [-0.05, 0) is 30.2 Å². The second kappa shape index (κ2) is 3.66. The average molecular weight is 210 g/mol. The molecule has 0 aliphatic rings. The van der Waals surface area contributed by atoms with Crippen molar-refractivity contribution < 1.29 is 0 Å². The fourth-order valence-corrected chi connectivity index (χ4v) is 1.46. The van der Waals surface area contributed by atoms with Crippen molar-refractivity contribution in [2.75, 3.05) is 0 Å². The zero-order chi connectivity index (χ0) is 8.43. The van der Waals surface area contributed by atoms with Gasteiger partial charge in [-0.15, -0.1) is 11.6 Å². The Bertz CT molecular complexity index is 245. The molecule has 0 amide bonds. The summed E-state index contributed by atoms with van der Waals surface area (Å²) in [4.78, 5) is 0. The molecule has 11 heavy (non-hydrogen) atoms. The van der Waals surface area contributed by atoms with Crippen LogP contribution in [0.15, 0.2) is 12.1 Å². The lowest BCUT2D eigenvalue weighted by molar-refractivity contribution is 1.36.